The van der Waals surface area contributed by atoms with Crippen LogP contribution in [-0.2, 0) is 25.6 Å². The molecule has 0 radical (unpaired) electrons. The molecule has 0 unspecified atom stereocenters. The molecule has 0 spiro atoms. The first-order valence-electron chi connectivity index (χ1n) is 10.8. The van der Waals surface area contributed by atoms with Crippen LogP contribution in [0.5, 0.6) is 0 Å². The van der Waals surface area contributed by atoms with Gasteiger partial charge in [0.05, 0.1) is 30.0 Å². The second-order valence-corrected chi connectivity index (χ2v) is 9.58. The van der Waals surface area contributed by atoms with Gasteiger partial charge in [-0.15, -0.1) is 10.2 Å². The second kappa shape index (κ2) is 8.02. The maximum atomic E-state index is 14.9. The van der Waals surface area contributed by atoms with E-state index < -0.39 is 36.4 Å². The van der Waals surface area contributed by atoms with Gasteiger partial charge in [0.1, 0.15) is 22.9 Å². The molecule has 0 bridgehead atoms. The zero-order valence-electron chi connectivity index (χ0n) is 19.3. The van der Waals surface area contributed by atoms with E-state index in [4.69, 9.17) is 11.6 Å². The van der Waals surface area contributed by atoms with E-state index in [9.17, 15) is 22.0 Å². The quantitative estimate of drug-likeness (QED) is 0.359. The lowest BCUT2D eigenvalue weighted by Gasteiger charge is -2.28. The minimum absolute atomic E-state index is 0.0795. The molecule has 0 saturated carbocycles. The van der Waals surface area contributed by atoms with Crippen LogP contribution in [0.4, 0.5) is 33.6 Å². The Morgan fingerprint density at radius 2 is 1.86 bits per heavy atom. The maximum Gasteiger partial charge on any atom is 0.400 e. The van der Waals surface area contributed by atoms with E-state index in [0.29, 0.717) is 22.8 Å². The smallest absolute Gasteiger partial charge is 0.338 e. The molecule has 1 N–H and O–H groups in total. The van der Waals surface area contributed by atoms with Gasteiger partial charge in [0.2, 0.25) is 0 Å². The summed E-state index contributed by atoms with van der Waals surface area (Å²) in [5.41, 5.74) is -1.33. The van der Waals surface area contributed by atoms with Gasteiger partial charge in [-0.1, -0.05) is 11.6 Å². The lowest BCUT2D eigenvalue weighted by atomic mass is 9.91. The van der Waals surface area contributed by atoms with Crippen molar-refractivity contribution in [1.82, 2.24) is 34.1 Å². The molecule has 5 heterocycles. The highest BCUT2D eigenvalue weighted by atomic mass is 35.5. The van der Waals surface area contributed by atoms with Gasteiger partial charge < -0.3 is 14.5 Å². The summed E-state index contributed by atoms with van der Waals surface area (Å²) in [4.78, 5) is 4.25. The van der Waals surface area contributed by atoms with Crippen LogP contribution in [0.2, 0.25) is 5.02 Å². The molecule has 0 atom stereocenters. The molecular formula is C22H20ClF5N8. The van der Waals surface area contributed by atoms with Gasteiger partial charge >= 0.3 is 6.18 Å². The van der Waals surface area contributed by atoms with Crippen molar-refractivity contribution in [1.29, 1.82) is 0 Å². The van der Waals surface area contributed by atoms with E-state index >= 15 is 0 Å². The number of aromatic nitrogens is 7. The van der Waals surface area contributed by atoms with Crippen molar-refractivity contribution >= 4 is 23.2 Å². The molecule has 4 aromatic rings. The van der Waals surface area contributed by atoms with Crippen molar-refractivity contribution in [3.05, 3.63) is 47.6 Å². The van der Waals surface area contributed by atoms with Crippen LogP contribution >= 0.6 is 11.6 Å². The zero-order chi connectivity index (χ0) is 26.0. The number of aryl methyl sites for hydroxylation is 1. The Bertz CT molecular complexity index is 1450. The largest absolute Gasteiger partial charge is 0.400 e. The van der Waals surface area contributed by atoms with Gasteiger partial charge in [0, 0.05) is 36.6 Å². The molecule has 0 fully saturated rings. The van der Waals surface area contributed by atoms with Crippen molar-refractivity contribution in [2.75, 3.05) is 5.32 Å². The lowest BCUT2D eigenvalue weighted by molar-refractivity contribution is -0.183. The van der Waals surface area contributed by atoms with Gasteiger partial charge in [-0.2, -0.15) is 18.3 Å². The van der Waals surface area contributed by atoms with E-state index in [0.717, 1.165) is 18.4 Å². The van der Waals surface area contributed by atoms with E-state index in [1.54, 1.807) is 36.1 Å². The summed E-state index contributed by atoms with van der Waals surface area (Å²) in [6.45, 7) is 0.0625. The third-order valence-corrected chi connectivity index (χ3v) is 6.48. The molecule has 8 nitrogen and oxygen atoms in total. The Balaban J connectivity index is 1.61. The first-order chi connectivity index (χ1) is 16.8. The summed E-state index contributed by atoms with van der Waals surface area (Å²) in [5, 5.41) is 15.0. The third-order valence-electron chi connectivity index (χ3n) is 6.18. The summed E-state index contributed by atoms with van der Waals surface area (Å²) in [5.74, 6) is -2.92. The number of hydrogen-bond donors (Lipinski definition) is 1. The molecule has 5 rings (SSSR count). The first kappa shape index (κ1) is 24.2. The van der Waals surface area contributed by atoms with Gasteiger partial charge in [-0.05, 0) is 26.0 Å². The number of anilines is 2. The molecule has 0 saturated heterocycles. The van der Waals surface area contributed by atoms with Crippen LogP contribution in [0.1, 0.15) is 19.7 Å². The Kier molecular flexibility index (Phi) is 5.39. The Hall–Kier alpha value is -3.48. The van der Waals surface area contributed by atoms with E-state index in [-0.39, 0.29) is 16.5 Å². The number of rotatable bonds is 4. The van der Waals surface area contributed by atoms with Gasteiger partial charge in [-0.25, -0.2) is 13.8 Å². The van der Waals surface area contributed by atoms with Gasteiger partial charge in [0.15, 0.2) is 5.82 Å². The van der Waals surface area contributed by atoms with Crippen LogP contribution < -0.4 is 5.32 Å². The van der Waals surface area contributed by atoms with E-state index in [1.165, 1.54) is 17.0 Å². The minimum atomic E-state index is -4.71. The number of pyridine rings is 1. The number of hydrogen-bond acceptors (Lipinski definition) is 5. The van der Waals surface area contributed by atoms with Crippen molar-refractivity contribution in [3.8, 4) is 22.6 Å². The Labute approximate surface area is 206 Å². The summed E-state index contributed by atoms with van der Waals surface area (Å²) in [6, 6.07) is 4.94. The fraction of sp³-hybridized carbons (Fsp3) is 0.364. The second-order valence-electron chi connectivity index (χ2n) is 9.17. The predicted octanol–water partition coefficient (Wildman–Crippen LogP) is 5.43. The minimum Gasteiger partial charge on any atom is -0.338 e. The predicted molar refractivity (Wildman–Crippen MR) is 122 cm³/mol. The fourth-order valence-corrected chi connectivity index (χ4v) is 4.31. The molecule has 0 amide bonds. The average molecular weight is 527 g/mol. The number of nitrogens with zero attached hydrogens (tertiary/aromatic N) is 7. The Morgan fingerprint density at radius 1 is 1.11 bits per heavy atom. The zero-order valence-corrected chi connectivity index (χ0v) is 20.0. The summed E-state index contributed by atoms with van der Waals surface area (Å²) < 4.78 is 74.8. The van der Waals surface area contributed by atoms with Crippen molar-refractivity contribution in [2.45, 2.75) is 44.5 Å². The third kappa shape index (κ3) is 4.00. The van der Waals surface area contributed by atoms with Crippen LogP contribution in [0, 0.1) is 0 Å². The van der Waals surface area contributed by atoms with Crippen LogP contribution in [0.15, 0.2) is 36.8 Å². The first-order valence-corrected chi connectivity index (χ1v) is 11.1. The number of alkyl halides is 5. The van der Waals surface area contributed by atoms with Crippen molar-refractivity contribution in [3.63, 3.8) is 0 Å². The molecule has 0 aliphatic carbocycles. The maximum absolute atomic E-state index is 14.9. The van der Waals surface area contributed by atoms with Crippen LogP contribution in [-0.4, -0.2) is 46.2 Å². The van der Waals surface area contributed by atoms with Crippen molar-refractivity contribution in [2.24, 2.45) is 7.05 Å². The SMILES string of the molecule is Cn1nccc1Nc1cc(-c2cc3n(c2)CC(F)(F)Cn2c-3nnc2C(C)(C)C(F)(F)F)c(Cl)cn1. The number of fused-ring (bicyclic) bond motifs is 3. The topological polar surface area (TPSA) is 78.4 Å². The molecular weight excluding hydrogens is 507 g/mol. The van der Waals surface area contributed by atoms with Gasteiger partial charge in [0.25, 0.3) is 5.92 Å². The average Bonchev–Trinajstić information content (AvgIpc) is 3.46. The molecule has 4 aromatic heterocycles. The molecule has 36 heavy (non-hydrogen) atoms. The molecule has 0 aromatic carbocycles. The van der Waals surface area contributed by atoms with Crippen molar-refractivity contribution < 1.29 is 22.0 Å². The monoisotopic (exact) mass is 526 g/mol. The fourth-order valence-electron chi connectivity index (χ4n) is 4.09. The summed E-state index contributed by atoms with van der Waals surface area (Å²) >= 11 is 6.39. The van der Waals surface area contributed by atoms with Crippen LogP contribution in [0.25, 0.3) is 22.6 Å². The molecule has 190 valence electrons. The normalized spacial score (nSPS) is 15.4. The highest BCUT2D eigenvalue weighted by molar-refractivity contribution is 6.33. The summed E-state index contributed by atoms with van der Waals surface area (Å²) in [7, 11) is 1.74. The molecule has 1 aliphatic heterocycles. The van der Waals surface area contributed by atoms with Crippen LogP contribution in [0.3, 0.4) is 0 Å². The highest BCUT2D eigenvalue weighted by Gasteiger charge is 2.53. The lowest BCUT2D eigenvalue weighted by Crippen LogP contribution is -2.40. The van der Waals surface area contributed by atoms with E-state index in [2.05, 4.69) is 25.6 Å². The highest BCUT2D eigenvalue weighted by Crippen LogP contribution is 2.43. The summed E-state index contributed by atoms with van der Waals surface area (Å²) in [6.07, 6.45) is -0.223. The number of halogens is 6. The number of nitrogens with one attached hydrogen (secondary N) is 1. The molecule has 14 heteroatoms. The van der Waals surface area contributed by atoms with E-state index in [1.807, 2.05) is 0 Å². The Morgan fingerprint density at radius 3 is 2.53 bits per heavy atom. The standard InChI is InChI=1S/C22H20ClF5N8/c1-20(2,22(26,27)28)19-33-32-18-15-6-12(9-35(15)10-21(24,25)11-36(18)19)13-7-16(29-8-14(13)23)31-17-4-5-30-34(17)3/h4-9H,10-11H2,1-3H3,(H,29,31). The van der Waals surface area contributed by atoms with Gasteiger partial charge in [-0.3, -0.25) is 4.68 Å². The molecule has 1 aliphatic rings.